The molecule has 7 nitrogen and oxygen atoms in total. The summed E-state index contributed by atoms with van der Waals surface area (Å²) in [5.41, 5.74) is -0.587. The lowest BCUT2D eigenvalue weighted by Crippen LogP contribution is -2.22. The summed E-state index contributed by atoms with van der Waals surface area (Å²) in [4.78, 5) is 22.3. The van der Waals surface area contributed by atoms with Gasteiger partial charge in [0.25, 0.3) is 11.2 Å². The van der Waals surface area contributed by atoms with Crippen LogP contribution < -0.4 is 10.9 Å². The molecule has 0 atom stereocenters. The van der Waals surface area contributed by atoms with Crippen molar-refractivity contribution in [1.82, 2.24) is 10.2 Å². The summed E-state index contributed by atoms with van der Waals surface area (Å²) in [6, 6.07) is 2.21. The number of hydrogen-bond donors (Lipinski definition) is 2. The number of nitrogens with zero attached hydrogens (tertiary/aromatic N) is 2. The van der Waals surface area contributed by atoms with Gasteiger partial charge in [-0.15, -0.1) is 0 Å². The molecule has 2 N–H and O–H groups in total. The zero-order chi connectivity index (χ0) is 19.5. The molecule has 0 saturated heterocycles. The van der Waals surface area contributed by atoms with Crippen molar-refractivity contribution in [3.05, 3.63) is 61.1 Å². The fourth-order valence-electron chi connectivity index (χ4n) is 2.65. The van der Waals surface area contributed by atoms with E-state index in [1.165, 1.54) is 0 Å². The van der Waals surface area contributed by atoms with Gasteiger partial charge < -0.3 is 5.32 Å². The van der Waals surface area contributed by atoms with Crippen molar-refractivity contribution in [2.24, 2.45) is 0 Å². The molecular formula is C16H17F3N4O3. The summed E-state index contributed by atoms with van der Waals surface area (Å²) in [5.74, 6) is 0. The summed E-state index contributed by atoms with van der Waals surface area (Å²) in [7, 11) is 0. The number of nitro groups is 1. The molecule has 0 spiro atoms. The Bertz CT molecular complexity index is 878. The van der Waals surface area contributed by atoms with E-state index in [0.717, 1.165) is 17.7 Å². The van der Waals surface area contributed by atoms with Crippen molar-refractivity contribution in [2.75, 3.05) is 5.32 Å². The van der Waals surface area contributed by atoms with E-state index in [9.17, 15) is 28.1 Å². The van der Waals surface area contributed by atoms with Gasteiger partial charge in [0, 0.05) is 18.2 Å². The molecule has 2 rings (SSSR count). The topological polar surface area (TPSA) is 101 Å². The molecule has 0 unspecified atom stereocenters. The number of nitrogens with one attached hydrogen (secondary N) is 2. The molecule has 0 aliphatic carbocycles. The molecule has 1 aromatic carbocycles. The third-order valence-corrected chi connectivity index (χ3v) is 3.94. The predicted molar refractivity (Wildman–Crippen MR) is 89.0 cm³/mol. The number of H-pyrrole nitrogens is 1. The molecule has 2 aromatic rings. The van der Waals surface area contributed by atoms with E-state index in [1.54, 1.807) is 0 Å². The van der Waals surface area contributed by atoms with E-state index in [0.29, 0.717) is 30.2 Å². The van der Waals surface area contributed by atoms with E-state index in [-0.39, 0.29) is 12.2 Å². The standard InChI is InChI=1S/C16H17F3N4O3/c1-3-10-11(15(24)22-21-12(10)4-2)8-20-13-6-5-9(16(17,18)19)7-14(13)23(25)26/h5-7,20H,3-4,8H2,1-2H3,(H,22,24). The van der Waals surface area contributed by atoms with E-state index in [2.05, 4.69) is 15.5 Å². The summed E-state index contributed by atoms with van der Waals surface area (Å²) >= 11 is 0. The average Bonchev–Trinajstić information content (AvgIpc) is 2.59. The summed E-state index contributed by atoms with van der Waals surface area (Å²) in [6.45, 7) is 3.65. The first-order chi connectivity index (χ1) is 12.2. The number of benzene rings is 1. The van der Waals surface area contributed by atoms with Crippen LogP contribution >= 0.6 is 0 Å². The zero-order valence-electron chi connectivity index (χ0n) is 14.1. The lowest BCUT2D eigenvalue weighted by Gasteiger charge is -2.13. The van der Waals surface area contributed by atoms with E-state index in [4.69, 9.17) is 0 Å². The number of anilines is 1. The van der Waals surface area contributed by atoms with E-state index < -0.39 is 27.9 Å². The number of alkyl halides is 3. The van der Waals surface area contributed by atoms with Gasteiger partial charge >= 0.3 is 6.18 Å². The SMILES string of the molecule is CCc1n[nH]c(=O)c(CNc2ccc(C(F)(F)F)cc2[N+](=O)[O-])c1CC. The molecule has 0 radical (unpaired) electrons. The third kappa shape index (κ3) is 4.01. The minimum atomic E-state index is -4.68. The molecule has 1 heterocycles. The van der Waals surface area contributed by atoms with Gasteiger partial charge in [0.2, 0.25) is 0 Å². The largest absolute Gasteiger partial charge is 0.416 e. The monoisotopic (exact) mass is 370 g/mol. The first kappa shape index (κ1) is 19.4. The fraction of sp³-hybridized carbons (Fsp3) is 0.375. The Labute approximate surface area is 146 Å². The fourth-order valence-corrected chi connectivity index (χ4v) is 2.65. The van der Waals surface area contributed by atoms with Crippen LogP contribution in [0.15, 0.2) is 23.0 Å². The quantitative estimate of drug-likeness (QED) is 0.599. The van der Waals surface area contributed by atoms with Gasteiger partial charge in [0.1, 0.15) is 5.69 Å². The Morgan fingerprint density at radius 1 is 1.23 bits per heavy atom. The van der Waals surface area contributed by atoms with Crippen molar-refractivity contribution in [3.8, 4) is 0 Å². The van der Waals surface area contributed by atoms with Gasteiger partial charge in [-0.25, -0.2) is 5.10 Å². The normalized spacial score (nSPS) is 11.4. The second kappa shape index (κ2) is 7.54. The molecule has 0 aliphatic rings. The molecule has 140 valence electrons. The van der Waals surface area contributed by atoms with Crippen molar-refractivity contribution in [1.29, 1.82) is 0 Å². The van der Waals surface area contributed by atoms with Crippen LogP contribution in [-0.2, 0) is 25.6 Å². The van der Waals surface area contributed by atoms with Crippen LogP contribution in [0.4, 0.5) is 24.5 Å². The van der Waals surface area contributed by atoms with Crippen LogP contribution in [0.1, 0.15) is 36.2 Å². The number of aromatic nitrogens is 2. The maximum absolute atomic E-state index is 12.8. The highest BCUT2D eigenvalue weighted by Gasteiger charge is 2.33. The van der Waals surface area contributed by atoms with Gasteiger partial charge in [-0.2, -0.15) is 18.3 Å². The maximum atomic E-state index is 12.8. The van der Waals surface area contributed by atoms with Gasteiger partial charge in [0.05, 0.1) is 16.2 Å². The minimum Gasteiger partial charge on any atom is -0.375 e. The molecular weight excluding hydrogens is 353 g/mol. The maximum Gasteiger partial charge on any atom is 0.416 e. The Balaban J connectivity index is 2.39. The molecule has 0 amide bonds. The van der Waals surface area contributed by atoms with Crippen molar-refractivity contribution < 1.29 is 18.1 Å². The highest BCUT2D eigenvalue weighted by molar-refractivity contribution is 5.63. The number of hydrogen-bond acceptors (Lipinski definition) is 5. The Kier molecular flexibility index (Phi) is 5.63. The van der Waals surface area contributed by atoms with Crippen molar-refractivity contribution in [3.63, 3.8) is 0 Å². The van der Waals surface area contributed by atoms with Gasteiger partial charge in [-0.05, 0) is 30.5 Å². The number of nitro benzene ring substituents is 1. The smallest absolute Gasteiger partial charge is 0.375 e. The van der Waals surface area contributed by atoms with E-state index in [1.807, 2.05) is 13.8 Å². The summed E-state index contributed by atoms with van der Waals surface area (Å²) in [5, 5.41) is 20.2. The predicted octanol–water partition coefficient (Wildman–Crippen LogP) is 3.43. The number of halogens is 3. The van der Waals surface area contributed by atoms with Gasteiger partial charge in [-0.1, -0.05) is 13.8 Å². The first-order valence-corrected chi connectivity index (χ1v) is 7.87. The molecule has 26 heavy (non-hydrogen) atoms. The molecule has 0 fully saturated rings. The summed E-state index contributed by atoms with van der Waals surface area (Å²) < 4.78 is 38.3. The minimum absolute atomic E-state index is 0.0692. The summed E-state index contributed by atoms with van der Waals surface area (Å²) in [6.07, 6.45) is -3.56. The van der Waals surface area contributed by atoms with Crippen LogP contribution in [0.3, 0.4) is 0 Å². The van der Waals surface area contributed by atoms with Crippen LogP contribution in [0.25, 0.3) is 0 Å². The van der Waals surface area contributed by atoms with Crippen molar-refractivity contribution in [2.45, 2.75) is 39.4 Å². The van der Waals surface area contributed by atoms with Crippen LogP contribution in [-0.4, -0.2) is 15.1 Å². The molecule has 10 heteroatoms. The average molecular weight is 370 g/mol. The zero-order valence-corrected chi connectivity index (χ0v) is 14.1. The van der Waals surface area contributed by atoms with Crippen LogP contribution in [0.5, 0.6) is 0 Å². The Morgan fingerprint density at radius 2 is 1.92 bits per heavy atom. The molecule has 0 saturated carbocycles. The number of aromatic amines is 1. The Morgan fingerprint density at radius 3 is 2.46 bits per heavy atom. The van der Waals surface area contributed by atoms with Crippen LogP contribution in [0.2, 0.25) is 0 Å². The van der Waals surface area contributed by atoms with Crippen LogP contribution in [0, 0.1) is 10.1 Å². The lowest BCUT2D eigenvalue weighted by atomic mass is 10.0. The molecule has 0 bridgehead atoms. The second-order valence-electron chi connectivity index (χ2n) is 5.50. The first-order valence-electron chi connectivity index (χ1n) is 7.87. The number of aryl methyl sites for hydroxylation is 1. The van der Waals surface area contributed by atoms with Gasteiger partial charge in [-0.3, -0.25) is 14.9 Å². The lowest BCUT2D eigenvalue weighted by molar-refractivity contribution is -0.384. The molecule has 0 aliphatic heterocycles. The second-order valence-corrected chi connectivity index (χ2v) is 5.50. The Hall–Kier alpha value is -2.91. The van der Waals surface area contributed by atoms with E-state index >= 15 is 0 Å². The third-order valence-electron chi connectivity index (χ3n) is 3.94. The number of rotatable bonds is 6. The highest BCUT2D eigenvalue weighted by Crippen LogP contribution is 2.35. The van der Waals surface area contributed by atoms with Crippen molar-refractivity contribution >= 4 is 11.4 Å². The molecule has 1 aromatic heterocycles. The van der Waals surface area contributed by atoms with Gasteiger partial charge in [0.15, 0.2) is 0 Å². The highest BCUT2D eigenvalue weighted by atomic mass is 19.4.